The van der Waals surface area contributed by atoms with E-state index in [2.05, 4.69) is 30.7 Å². The van der Waals surface area contributed by atoms with Crippen molar-refractivity contribution in [3.05, 3.63) is 24.5 Å². The second-order valence-corrected chi connectivity index (χ2v) is 5.89. The van der Waals surface area contributed by atoms with Crippen molar-refractivity contribution in [3.63, 3.8) is 0 Å². The second kappa shape index (κ2) is 4.92. The first-order chi connectivity index (χ1) is 8.08. The van der Waals surface area contributed by atoms with E-state index in [0.29, 0.717) is 11.2 Å². The highest BCUT2D eigenvalue weighted by molar-refractivity contribution is 8.00. The summed E-state index contributed by atoms with van der Waals surface area (Å²) in [4.78, 5) is 8.62. The smallest absolute Gasteiger partial charge is 0.117 e. The Kier molecular flexibility index (Phi) is 3.52. The molecule has 3 nitrogen and oxygen atoms in total. The molecule has 2 rings (SSSR count). The van der Waals surface area contributed by atoms with E-state index in [1.807, 2.05) is 18.2 Å². The normalized spacial score (nSPS) is 13.2. The van der Waals surface area contributed by atoms with Gasteiger partial charge in [0, 0.05) is 16.3 Å². The molecule has 0 spiro atoms. The largest absolute Gasteiger partial charge is 0.399 e. The lowest BCUT2D eigenvalue weighted by Crippen LogP contribution is -2.06. The van der Waals surface area contributed by atoms with Gasteiger partial charge in [0.05, 0.1) is 5.52 Å². The molecule has 0 saturated carbocycles. The predicted octanol–water partition coefficient (Wildman–Crippen LogP) is 3.35. The molecule has 0 saturated heterocycles. The Morgan fingerprint density at radius 3 is 2.65 bits per heavy atom. The van der Waals surface area contributed by atoms with Crippen LogP contribution >= 0.6 is 11.8 Å². The maximum atomic E-state index is 5.76. The topological polar surface area (TPSA) is 51.8 Å². The fourth-order valence-corrected chi connectivity index (χ4v) is 2.49. The Labute approximate surface area is 106 Å². The summed E-state index contributed by atoms with van der Waals surface area (Å²) in [5.74, 6) is 0.624. The van der Waals surface area contributed by atoms with E-state index in [1.54, 1.807) is 18.1 Å². The molecule has 0 radical (unpaired) electrons. The van der Waals surface area contributed by atoms with Crippen LogP contribution in [0, 0.1) is 5.92 Å². The van der Waals surface area contributed by atoms with Crippen LogP contribution < -0.4 is 5.73 Å². The van der Waals surface area contributed by atoms with Gasteiger partial charge in [-0.1, -0.05) is 20.8 Å². The molecule has 17 heavy (non-hydrogen) atoms. The van der Waals surface area contributed by atoms with Crippen molar-refractivity contribution in [2.75, 3.05) is 5.73 Å². The van der Waals surface area contributed by atoms with Crippen LogP contribution in [-0.4, -0.2) is 15.2 Å². The molecule has 1 unspecified atom stereocenters. The minimum Gasteiger partial charge on any atom is -0.399 e. The van der Waals surface area contributed by atoms with E-state index >= 15 is 0 Å². The third kappa shape index (κ3) is 2.69. The number of benzene rings is 1. The van der Waals surface area contributed by atoms with Crippen LogP contribution in [-0.2, 0) is 0 Å². The van der Waals surface area contributed by atoms with E-state index in [0.717, 1.165) is 21.6 Å². The molecule has 0 bridgehead atoms. The Morgan fingerprint density at radius 1 is 1.18 bits per heavy atom. The molecular formula is C13H17N3S. The Morgan fingerprint density at radius 2 is 1.94 bits per heavy atom. The number of hydrogen-bond acceptors (Lipinski definition) is 4. The molecule has 2 aromatic rings. The van der Waals surface area contributed by atoms with E-state index < -0.39 is 0 Å². The maximum absolute atomic E-state index is 5.76. The lowest BCUT2D eigenvalue weighted by molar-refractivity contribution is 0.641. The van der Waals surface area contributed by atoms with Crippen LogP contribution in [0.1, 0.15) is 20.8 Å². The van der Waals surface area contributed by atoms with Crippen molar-refractivity contribution in [1.29, 1.82) is 0 Å². The summed E-state index contributed by atoms with van der Waals surface area (Å²) in [6.45, 7) is 6.67. The highest BCUT2D eigenvalue weighted by Crippen LogP contribution is 2.31. The summed E-state index contributed by atoms with van der Waals surface area (Å²) < 4.78 is 0. The molecule has 2 N–H and O–H groups in total. The zero-order chi connectivity index (χ0) is 12.4. The SMILES string of the molecule is CC(C)C(C)Sc1ncnc2cc(N)ccc12. The molecule has 4 heteroatoms. The van der Waals surface area contributed by atoms with Gasteiger partial charge in [0.1, 0.15) is 11.4 Å². The Hall–Kier alpha value is -1.29. The number of hydrogen-bond donors (Lipinski definition) is 1. The minimum absolute atomic E-state index is 0.533. The van der Waals surface area contributed by atoms with Gasteiger partial charge >= 0.3 is 0 Å². The molecule has 0 fully saturated rings. The lowest BCUT2D eigenvalue weighted by Gasteiger charge is -2.15. The molecule has 1 aromatic heterocycles. The molecule has 90 valence electrons. The number of aromatic nitrogens is 2. The van der Waals surface area contributed by atoms with Crippen LogP contribution in [0.5, 0.6) is 0 Å². The molecule has 0 amide bonds. The zero-order valence-electron chi connectivity index (χ0n) is 10.3. The molecular weight excluding hydrogens is 230 g/mol. The molecule has 1 heterocycles. The average molecular weight is 247 g/mol. The minimum atomic E-state index is 0.533. The third-order valence-electron chi connectivity index (χ3n) is 2.86. The molecule has 0 aliphatic heterocycles. The predicted molar refractivity (Wildman–Crippen MR) is 74.1 cm³/mol. The molecule has 0 aliphatic rings. The monoisotopic (exact) mass is 247 g/mol. The molecule has 1 atom stereocenters. The lowest BCUT2D eigenvalue weighted by atomic mass is 10.2. The maximum Gasteiger partial charge on any atom is 0.117 e. The number of nitrogens with zero attached hydrogens (tertiary/aromatic N) is 2. The van der Waals surface area contributed by atoms with Crippen LogP contribution in [0.15, 0.2) is 29.6 Å². The summed E-state index contributed by atoms with van der Waals surface area (Å²) in [5, 5.41) is 2.65. The quantitative estimate of drug-likeness (QED) is 0.513. The summed E-state index contributed by atoms with van der Waals surface area (Å²) in [5.41, 5.74) is 7.41. The van der Waals surface area contributed by atoms with Gasteiger partial charge in [0.2, 0.25) is 0 Å². The van der Waals surface area contributed by atoms with E-state index in [-0.39, 0.29) is 0 Å². The van der Waals surface area contributed by atoms with Gasteiger partial charge in [-0.2, -0.15) is 0 Å². The fourth-order valence-electron chi connectivity index (χ4n) is 1.46. The second-order valence-electron chi connectivity index (χ2n) is 4.52. The first-order valence-electron chi connectivity index (χ1n) is 5.75. The summed E-state index contributed by atoms with van der Waals surface area (Å²) in [7, 11) is 0. The van der Waals surface area contributed by atoms with Crippen molar-refractivity contribution in [1.82, 2.24) is 9.97 Å². The van der Waals surface area contributed by atoms with E-state index in [1.165, 1.54) is 0 Å². The van der Waals surface area contributed by atoms with Crippen LogP contribution in [0.3, 0.4) is 0 Å². The van der Waals surface area contributed by atoms with E-state index in [4.69, 9.17) is 5.73 Å². The van der Waals surface area contributed by atoms with Crippen LogP contribution in [0.25, 0.3) is 10.9 Å². The number of nitrogens with two attached hydrogens (primary N) is 1. The van der Waals surface area contributed by atoms with Gasteiger partial charge in [-0.15, -0.1) is 11.8 Å². The summed E-state index contributed by atoms with van der Waals surface area (Å²) in [6.07, 6.45) is 1.61. The van der Waals surface area contributed by atoms with Gasteiger partial charge in [-0.05, 0) is 24.1 Å². The Bertz CT molecular complexity index is 525. The van der Waals surface area contributed by atoms with Crippen LogP contribution in [0.2, 0.25) is 0 Å². The highest BCUT2D eigenvalue weighted by Gasteiger charge is 2.12. The standard InChI is InChI=1S/C13H17N3S/c1-8(2)9(3)17-13-11-5-4-10(14)6-12(11)15-7-16-13/h4-9H,14H2,1-3H3. The number of rotatable bonds is 3. The highest BCUT2D eigenvalue weighted by atomic mass is 32.2. The van der Waals surface area contributed by atoms with Gasteiger partial charge in [0.25, 0.3) is 0 Å². The van der Waals surface area contributed by atoms with Crippen molar-refractivity contribution < 1.29 is 0 Å². The van der Waals surface area contributed by atoms with Gasteiger partial charge in [-0.3, -0.25) is 0 Å². The molecule has 1 aromatic carbocycles. The first kappa shape index (κ1) is 12.2. The van der Waals surface area contributed by atoms with Crippen molar-refractivity contribution >= 4 is 28.4 Å². The van der Waals surface area contributed by atoms with Gasteiger partial charge in [0.15, 0.2) is 0 Å². The number of thioether (sulfide) groups is 1. The van der Waals surface area contributed by atoms with Gasteiger partial charge < -0.3 is 5.73 Å². The molecule has 0 aliphatic carbocycles. The zero-order valence-corrected chi connectivity index (χ0v) is 11.2. The van der Waals surface area contributed by atoms with Crippen LogP contribution in [0.4, 0.5) is 5.69 Å². The number of anilines is 1. The average Bonchev–Trinajstić information content (AvgIpc) is 2.28. The summed E-state index contributed by atoms with van der Waals surface area (Å²) in [6, 6.07) is 5.79. The number of nitrogen functional groups attached to an aromatic ring is 1. The van der Waals surface area contributed by atoms with Gasteiger partial charge in [-0.25, -0.2) is 9.97 Å². The van der Waals surface area contributed by atoms with Crippen molar-refractivity contribution in [3.8, 4) is 0 Å². The third-order valence-corrected chi connectivity index (χ3v) is 4.33. The van der Waals surface area contributed by atoms with Crippen molar-refractivity contribution in [2.24, 2.45) is 5.92 Å². The van der Waals surface area contributed by atoms with Crippen molar-refractivity contribution in [2.45, 2.75) is 31.0 Å². The summed E-state index contributed by atoms with van der Waals surface area (Å²) >= 11 is 1.80. The first-order valence-corrected chi connectivity index (χ1v) is 6.63. The Balaban J connectivity index is 2.41. The number of fused-ring (bicyclic) bond motifs is 1. The van der Waals surface area contributed by atoms with E-state index in [9.17, 15) is 0 Å². The fraction of sp³-hybridized carbons (Fsp3) is 0.385.